The van der Waals surface area contributed by atoms with Crippen LogP contribution in [0.2, 0.25) is 0 Å². The van der Waals surface area contributed by atoms with Gasteiger partial charge >= 0.3 is 5.97 Å². The SMILES string of the molecule is O=C(O)c1cc(NCc2ncon2)c([N+](=O)[O-])cc1F. The highest BCUT2D eigenvalue weighted by Gasteiger charge is 2.21. The van der Waals surface area contributed by atoms with Gasteiger partial charge in [-0.15, -0.1) is 0 Å². The smallest absolute Gasteiger partial charge is 0.338 e. The molecule has 0 saturated heterocycles. The van der Waals surface area contributed by atoms with Crippen LogP contribution >= 0.6 is 0 Å². The van der Waals surface area contributed by atoms with Crippen molar-refractivity contribution in [1.82, 2.24) is 10.1 Å². The molecule has 1 aromatic heterocycles. The second-order valence-corrected chi connectivity index (χ2v) is 3.61. The number of nitro benzene ring substituents is 1. The summed E-state index contributed by atoms with van der Waals surface area (Å²) >= 11 is 0. The van der Waals surface area contributed by atoms with Gasteiger partial charge in [-0.25, -0.2) is 9.18 Å². The zero-order valence-electron chi connectivity index (χ0n) is 9.74. The number of carboxylic acids is 1. The fourth-order valence-electron chi connectivity index (χ4n) is 1.46. The zero-order chi connectivity index (χ0) is 14.7. The van der Waals surface area contributed by atoms with Crippen molar-refractivity contribution in [1.29, 1.82) is 0 Å². The summed E-state index contributed by atoms with van der Waals surface area (Å²) in [7, 11) is 0. The van der Waals surface area contributed by atoms with Gasteiger partial charge in [0, 0.05) is 0 Å². The number of hydrogen-bond acceptors (Lipinski definition) is 7. The van der Waals surface area contributed by atoms with Crippen molar-refractivity contribution in [3.8, 4) is 0 Å². The van der Waals surface area contributed by atoms with Crippen molar-refractivity contribution in [3.05, 3.63) is 45.8 Å². The standard InChI is InChI=1S/C10H7FN4O5/c11-6-2-8(15(18)19)7(1-5(6)10(16)17)12-3-9-13-4-20-14-9/h1-2,4,12H,3H2,(H,16,17). The molecule has 0 bridgehead atoms. The van der Waals surface area contributed by atoms with E-state index in [9.17, 15) is 19.3 Å². The second-order valence-electron chi connectivity index (χ2n) is 3.61. The van der Waals surface area contributed by atoms with Crippen LogP contribution in [0.1, 0.15) is 16.2 Å². The molecule has 0 spiro atoms. The van der Waals surface area contributed by atoms with Gasteiger partial charge in [0.2, 0.25) is 6.39 Å². The Hall–Kier alpha value is -3.04. The molecule has 1 heterocycles. The van der Waals surface area contributed by atoms with Gasteiger partial charge in [0.1, 0.15) is 11.5 Å². The number of rotatable bonds is 5. The van der Waals surface area contributed by atoms with Gasteiger partial charge in [0.15, 0.2) is 5.82 Å². The maximum absolute atomic E-state index is 13.4. The molecule has 2 N–H and O–H groups in total. The van der Waals surface area contributed by atoms with Crippen LogP contribution in [0.25, 0.3) is 0 Å². The fraction of sp³-hybridized carbons (Fsp3) is 0.100. The summed E-state index contributed by atoms with van der Waals surface area (Å²) in [6.07, 6.45) is 1.07. The van der Waals surface area contributed by atoms with E-state index in [4.69, 9.17) is 5.11 Å². The monoisotopic (exact) mass is 282 g/mol. The molecule has 0 fully saturated rings. The summed E-state index contributed by atoms with van der Waals surface area (Å²) in [5.41, 5.74) is -1.42. The van der Waals surface area contributed by atoms with E-state index < -0.39 is 28.0 Å². The Balaban J connectivity index is 2.35. The first kappa shape index (κ1) is 13.4. The van der Waals surface area contributed by atoms with Crippen LogP contribution < -0.4 is 5.32 Å². The number of hydrogen-bond donors (Lipinski definition) is 2. The highest BCUT2D eigenvalue weighted by atomic mass is 19.1. The number of carbonyl (C=O) groups is 1. The topological polar surface area (TPSA) is 131 Å². The predicted molar refractivity (Wildman–Crippen MR) is 61.6 cm³/mol. The lowest BCUT2D eigenvalue weighted by Crippen LogP contribution is -2.08. The summed E-state index contributed by atoms with van der Waals surface area (Å²) in [6, 6.07) is 1.39. The van der Waals surface area contributed by atoms with Crippen molar-refractivity contribution >= 4 is 17.3 Å². The van der Waals surface area contributed by atoms with Crippen LogP contribution in [-0.2, 0) is 6.54 Å². The number of aromatic carboxylic acids is 1. The number of nitrogens with one attached hydrogen (secondary N) is 1. The Labute approximate surface area is 110 Å². The van der Waals surface area contributed by atoms with E-state index in [1.165, 1.54) is 0 Å². The minimum Gasteiger partial charge on any atom is -0.478 e. The van der Waals surface area contributed by atoms with Crippen molar-refractivity contribution < 1.29 is 23.7 Å². The molecular formula is C10H7FN4O5. The van der Waals surface area contributed by atoms with Crippen LogP contribution in [0.15, 0.2) is 23.0 Å². The van der Waals surface area contributed by atoms with Gasteiger partial charge in [-0.05, 0) is 6.07 Å². The lowest BCUT2D eigenvalue weighted by atomic mass is 10.1. The molecule has 9 nitrogen and oxygen atoms in total. The van der Waals surface area contributed by atoms with Crippen molar-refractivity contribution in [2.75, 3.05) is 5.32 Å². The van der Waals surface area contributed by atoms with E-state index >= 15 is 0 Å². The van der Waals surface area contributed by atoms with Gasteiger partial charge < -0.3 is 14.9 Å². The largest absolute Gasteiger partial charge is 0.478 e. The maximum atomic E-state index is 13.4. The number of nitrogens with zero attached hydrogens (tertiary/aromatic N) is 3. The molecule has 0 unspecified atom stereocenters. The number of benzene rings is 1. The average molecular weight is 282 g/mol. The number of nitro groups is 1. The molecule has 10 heteroatoms. The third-order valence-electron chi connectivity index (χ3n) is 2.36. The summed E-state index contributed by atoms with van der Waals surface area (Å²) in [6.45, 7) is -0.0397. The summed E-state index contributed by atoms with van der Waals surface area (Å²) < 4.78 is 17.9. The third-order valence-corrected chi connectivity index (χ3v) is 2.36. The Morgan fingerprint density at radius 2 is 2.30 bits per heavy atom. The Kier molecular flexibility index (Phi) is 3.55. The van der Waals surface area contributed by atoms with E-state index in [0.717, 1.165) is 12.5 Å². The average Bonchev–Trinajstić information content (AvgIpc) is 2.89. The Morgan fingerprint density at radius 1 is 1.55 bits per heavy atom. The summed E-state index contributed by atoms with van der Waals surface area (Å²) in [5, 5.41) is 25.6. The van der Waals surface area contributed by atoms with Gasteiger partial charge in [-0.1, -0.05) is 5.16 Å². The van der Waals surface area contributed by atoms with E-state index in [1.807, 2.05) is 0 Å². The normalized spacial score (nSPS) is 10.2. The van der Waals surface area contributed by atoms with E-state index in [2.05, 4.69) is 20.0 Å². The molecule has 0 aliphatic carbocycles. The molecule has 2 aromatic rings. The first-order valence-electron chi connectivity index (χ1n) is 5.19. The van der Waals surface area contributed by atoms with Gasteiger partial charge in [-0.3, -0.25) is 10.1 Å². The zero-order valence-corrected chi connectivity index (χ0v) is 9.74. The number of aromatic nitrogens is 2. The predicted octanol–water partition coefficient (Wildman–Crippen LogP) is 1.43. The van der Waals surface area contributed by atoms with Crippen molar-refractivity contribution in [2.24, 2.45) is 0 Å². The van der Waals surface area contributed by atoms with Crippen LogP contribution in [0.5, 0.6) is 0 Å². The minimum atomic E-state index is -1.53. The van der Waals surface area contributed by atoms with E-state index in [0.29, 0.717) is 6.07 Å². The molecule has 1 aromatic carbocycles. The minimum absolute atomic E-state index is 0.0397. The molecule has 0 atom stereocenters. The van der Waals surface area contributed by atoms with Crippen LogP contribution in [-0.4, -0.2) is 26.1 Å². The number of halogens is 1. The molecule has 0 aliphatic heterocycles. The molecule has 0 aliphatic rings. The Morgan fingerprint density at radius 3 is 2.85 bits per heavy atom. The quantitative estimate of drug-likeness (QED) is 0.621. The van der Waals surface area contributed by atoms with Gasteiger partial charge in [0.05, 0.1) is 23.1 Å². The van der Waals surface area contributed by atoms with E-state index in [-0.39, 0.29) is 18.1 Å². The number of anilines is 1. The second kappa shape index (κ2) is 5.30. The molecule has 0 radical (unpaired) electrons. The highest BCUT2D eigenvalue weighted by molar-refractivity contribution is 5.90. The third kappa shape index (κ3) is 2.68. The molecule has 0 amide bonds. The molecule has 104 valence electrons. The van der Waals surface area contributed by atoms with E-state index in [1.54, 1.807) is 0 Å². The molecular weight excluding hydrogens is 275 g/mol. The maximum Gasteiger partial charge on any atom is 0.338 e. The Bertz CT molecular complexity index is 658. The number of carboxylic acid groups (broad SMARTS) is 1. The van der Waals surface area contributed by atoms with Crippen molar-refractivity contribution in [2.45, 2.75) is 6.54 Å². The highest BCUT2D eigenvalue weighted by Crippen LogP contribution is 2.28. The first-order valence-corrected chi connectivity index (χ1v) is 5.19. The summed E-state index contributed by atoms with van der Waals surface area (Å²) in [4.78, 5) is 24.5. The van der Waals surface area contributed by atoms with Gasteiger partial charge in [-0.2, -0.15) is 4.98 Å². The fourth-order valence-corrected chi connectivity index (χ4v) is 1.46. The first-order chi connectivity index (χ1) is 9.49. The molecule has 20 heavy (non-hydrogen) atoms. The van der Waals surface area contributed by atoms with Gasteiger partial charge in [0.25, 0.3) is 5.69 Å². The van der Waals surface area contributed by atoms with Crippen LogP contribution in [0.4, 0.5) is 15.8 Å². The summed E-state index contributed by atoms with van der Waals surface area (Å²) in [5.74, 6) is -2.50. The lowest BCUT2D eigenvalue weighted by Gasteiger charge is -2.06. The molecule has 2 rings (SSSR count). The van der Waals surface area contributed by atoms with Crippen molar-refractivity contribution in [3.63, 3.8) is 0 Å². The lowest BCUT2D eigenvalue weighted by molar-refractivity contribution is -0.384. The van der Waals surface area contributed by atoms with Crippen LogP contribution in [0.3, 0.4) is 0 Å². The molecule has 0 saturated carbocycles. The van der Waals surface area contributed by atoms with Crippen LogP contribution in [0, 0.1) is 15.9 Å².